The maximum Gasteiger partial charge on any atom is 0.422 e. The first-order valence-electron chi connectivity index (χ1n) is 11.5. The highest BCUT2D eigenvalue weighted by Gasteiger charge is 2.32. The molecule has 0 spiro atoms. The van der Waals surface area contributed by atoms with Crippen LogP contribution in [0.15, 0.2) is 83.8 Å². The lowest BCUT2D eigenvalue weighted by atomic mass is 10.2. The number of nitrogens with one attached hydrogen (secondary N) is 2. The molecule has 4 aromatic rings. The molecule has 41 heavy (non-hydrogen) atoms. The highest BCUT2D eigenvalue weighted by atomic mass is 32.2. The van der Waals surface area contributed by atoms with E-state index in [0.717, 1.165) is 23.2 Å². The molecule has 0 radical (unpaired) electrons. The number of rotatable bonds is 9. The van der Waals surface area contributed by atoms with Crippen molar-refractivity contribution in [3.8, 4) is 6.01 Å². The number of halogens is 6. The van der Waals surface area contributed by atoms with Crippen LogP contribution < -0.4 is 19.9 Å². The molecular weight excluding hydrogens is 578 g/mol. The Labute approximate surface area is 229 Å². The molecule has 0 unspecified atom stereocenters. The third-order valence-electron chi connectivity index (χ3n) is 5.24. The summed E-state index contributed by atoms with van der Waals surface area (Å²) in [4.78, 5) is 13.8. The van der Waals surface area contributed by atoms with Gasteiger partial charge in [-0.2, -0.15) is 41.3 Å². The highest BCUT2D eigenvalue weighted by molar-refractivity contribution is 7.89. The molecule has 0 atom stereocenters. The van der Waals surface area contributed by atoms with Gasteiger partial charge in [0.25, 0.3) is 16.0 Å². The normalized spacial score (nSPS) is 12.2. The summed E-state index contributed by atoms with van der Waals surface area (Å²) in [6, 6.07) is 16.5. The summed E-state index contributed by atoms with van der Waals surface area (Å²) in [7, 11) is -4.31. The molecule has 16 heteroatoms. The third-order valence-corrected chi connectivity index (χ3v) is 6.55. The zero-order valence-corrected chi connectivity index (χ0v) is 21.7. The van der Waals surface area contributed by atoms with Crippen LogP contribution in [0.25, 0.3) is 0 Å². The number of sulfonamides is 1. The topological polar surface area (TPSA) is 109 Å². The molecule has 0 bridgehead atoms. The average Bonchev–Trinajstić information content (AvgIpc) is 2.91. The molecule has 3 aromatic carbocycles. The van der Waals surface area contributed by atoms with Crippen LogP contribution in [-0.4, -0.2) is 36.2 Å². The molecule has 0 saturated carbocycles. The van der Waals surface area contributed by atoms with Crippen LogP contribution >= 0.6 is 0 Å². The zero-order valence-electron chi connectivity index (χ0n) is 20.9. The van der Waals surface area contributed by atoms with Crippen LogP contribution in [0.5, 0.6) is 6.01 Å². The Morgan fingerprint density at radius 3 is 2.20 bits per heavy atom. The van der Waals surface area contributed by atoms with Crippen molar-refractivity contribution in [1.29, 1.82) is 0 Å². The Kier molecular flexibility index (Phi) is 8.34. The van der Waals surface area contributed by atoms with E-state index < -0.39 is 52.5 Å². The molecule has 2 N–H and O–H groups in total. The minimum atomic E-state index is -4.79. The van der Waals surface area contributed by atoms with E-state index in [1.165, 1.54) is 36.4 Å². The van der Waals surface area contributed by atoms with Crippen molar-refractivity contribution in [3.63, 3.8) is 0 Å². The maximum absolute atomic E-state index is 13.2. The average molecular weight is 599 g/mol. The number of hydrogen-bond donors (Lipinski definition) is 2. The molecule has 1 heterocycles. The lowest BCUT2D eigenvalue weighted by molar-refractivity contribution is -0.154. The molecule has 0 aliphatic heterocycles. The van der Waals surface area contributed by atoms with Crippen molar-refractivity contribution in [1.82, 2.24) is 19.8 Å². The van der Waals surface area contributed by atoms with Crippen molar-refractivity contribution in [2.45, 2.75) is 24.2 Å². The van der Waals surface area contributed by atoms with Crippen molar-refractivity contribution in [2.75, 3.05) is 16.9 Å². The SMILES string of the molecule is Cc1ccccc1N(NS(=O)(=O)c1ccccc1)c1nc(Nc2cccc(C(F)(F)F)c2)nc(OCC(F)(F)F)n1. The van der Waals surface area contributed by atoms with Crippen molar-refractivity contribution < 1.29 is 39.5 Å². The van der Waals surface area contributed by atoms with E-state index in [2.05, 4.69) is 29.8 Å². The van der Waals surface area contributed by atoms with Gasteiger partial charge in [-0.25, -0.2) is 13.4 Å². The summed E-state index contributed by atoms with van der Waals surface area (Å²) >= 11 is 0. The van der Waals surface area contributed by atoms with Gasteiger partial charge >= 0.3 is 18.4 Å². The van der Waals surface area contributed by atoms with Gasteiger partial charge in [-0.1, -0.05) is 42.5 Å². The minimum Gasteiger partial charge on any atom is -0.454 e. The number of aryl methyl sites for hydroxylation is 1. The second-order valence-corrected chi connectivity index (χ2v) is 10.0. The van der Waals surface area contributed by atoms with Crippen molar-refractivity contribution in [3.05, 3.63) is 90.0 Å². The maximum atomic E-state index is 13.2. The second-order valence-electron chi connectivity index (χ2n) is 8.38. The number of alkyl halides is 6. The smallest absolute Gasteiger partial charge is 0.422 e. The van der Waals surface area contributed by atoms with Crippen LogP contribution in [-0.2, 0) is 16.2 Å². The predicted octanol–water partition coefficient (Wildman–Crippen LogP) is 5.92. The monoisotopic (exact) mass is 598 g/mol. The van der Waals surface area contributed by atoms with Gasteiger partial charge < -0.3 is 10.1 Å². The Morgan fingerprint density at radius 1 is 0.854 bits per heavy atom. The predicted molar refractivity (Wildman–Crippen MR) is 136 cm³/mol. The fourth-order valence-corrected chi connectivity index (χ4v) is 4.44. The van der Waals surface area contributed by atoms with E-state index in [9.17, 15) is 34.8 Å². The van der Waals surface area contributed by atoms with E-state index in [1.807, 2.05) is 0 Å². The summed E-state index contributed by atoms with van der Waals surface area (Å²) in [5.74, 6) is -1.07. The van der Waals surface area contributed by atoms with Gasteiger partial charge in [-0.15, -0.1) is 4.83 Å². The first-order chi connectivity index (χ1) is 19.2. The minimum absolute atomic E-state index is 0.150. The Balaban J connectivity index is 1.82. The number of para-hydroxylation sites is 1. The van der Waals surface area contributed by atoms with Gasteiger partial charge in [-0.3, -0.25) is 0 Å². The fourth-order valence-electron chi connectivity index (χ4n) is 3.40. The molecule has 0 fully saturated rings. The van der Waals surface area contributed by atoms with Gasteiger partial charge in [0, 0.05) is 5.69 Å². The summed E-state index contributed by atoms with van der Waals surface area (Å²) in [5, 5.41) is 3.37. The number of hydrazine groups is 1. The van der Waals surface area contributed by atoms with Gasteiger partial charge in [0.05, 0.1) is 16.1 Å². The molecule has 0 saturated heterocycles. The van der Waals surface area contributed by atoms with Gasteiger partial charge in [0.1, 0.15) is 0 Å². The van der Waals surface area contributed by atoms with E-state index >= 15 is 0 Å². The number of ether oxygens (including phenoxy) is 1. The molecule has 0 aliphatic carbocycles. The lowest BCUT2D eigenvalue weighted by Crippen LogP contribution is -2.40. The zero-order chi connectivity index (χ0) is 29.8. The molecule has 0 aliphatic rings. The first kappa shape index (κ1) is 29.5. The molecule has 4 rings (SSSR count). The van der Waals surface area contributed by atoms with Crippen molar-refractivity contribution in [2.24, 2.45) is 0 Å². The number of anilines is 4. The highest BCUT2D eigenvalue weighted by Crippen LogP contribution is 2.32. The largest absolute Gasteiger partial charge is 0.454 e. The van der Waals surface area contributed by atoms with Crippen LogP contribution in [0.2, 0.25) is 0 Å². The van der Waals surface area contributed by atoms with Gasteiger partial charge in [0.15, 0.2) is 6.61 Å². The Morgan fingerprint density at radius 2 is 1.54 bits per heavy atom. The number of hydrogen-bond acceptors (Lipinski definition) is 8. The second kappa shape index (κ2) is 11.6. The summed E-state index contributed by atoms with van der Waals surface area (Å²) in [6.45, 7) is -0.178. The quantitative estimate of drug-likeness (QED) is 0.181. The summed E-state index contributed by atoms with van der Waals surface area (Å²) in [6.07, 6.45) is -9.47. The molecule has 216 valence electrons. The van der Waals surface area contributed by atoms with E-state index in [0.29, 0.717) is 5.56 Å². The Hall–Kier alpha value is -4.44. The van der Waals surface area contributed by atoms with Gasteiger partial charge in [0.2, 0.25) is 5.95 Å². The van der Waals surface area contributed by atoms with Crippen molar-refractivity contribution >= 4 is 33.3 Å². The Bertz CT molecular complexity index is 1620. The first-order valence-corrected chi connectivity index (χ1v) is 13.0. The number of nitrogens with zero attached hydrogens (tertiary/aromatic N) is 4. The van der Waals surface area contributed by atoms with Crippen LogP contribution in [0, 0.1) is 6.92 Å². The van der Waals surface area contributed by atoms with Crippen LogP contribution in [0.4, 0.5) is 49.6 Å². The molecule has 0 amide bonds. The van der Waals surface area contributed by atoms with Crippen LogP contribution in [0.1, 0.15) is 11.1 Å². The standard InChI is InChI=1S/C25H20F6N6O3S/c1-16-8-5-6-13-20(16)37(36-41(38,39)19-11-3-2-4-12-19)22-33-21(34-23(35-22)40-15-24(26,27)28)32-18-10-7-9-17(14-18)25(29,30)31/h2-14,36H,15H2,1H3,(H,32,33,34,35). The van der Waals surface area contributed by atoms with E-state index in [-0.39, 0.29) is 16.3 Å². The molecular formula is C25H20F6N6O3S. The van der Waals surface area contributed by atoms with E-state index in [4.69, 9.17) is 0 Å². The third kappa shape index (κ3) is 7.82. The van der Waals surface area contributed by atoms with Crippen LogP contribution in [0.3, 0.4) is 0 Å². The molecule has 9 nitrogen and oxygen atoms in total. The summed E-state index contributed by atoms with van der Waals surface area (Å²) < 4.78 is 109. The van der Waals surface area contributed by atoms with Gasteiger partial charge in [-0.05, 0) is 48.9 Å². The lowest BCUT2D eigenvalue weighted by Gasteiger charge is -2.25. The summed E-state index contributed by atoms with van der Waals surface area (Å²) in [5.41, 5.74) is -0.479. The number of benzene rings is 3. The van der Waals surface area contributed by atoms with E-state index in [1.54, 1.807) is 31.2 Å². The fraction of sp³-hybridized carbons (Fsp3) is 0.160. The number of aromatic nitrogens is 3. The molecule has 1 aromatic heterocycles.